The second-order valence-electron chi connectivity index (χ2n) is 8.15. The number of aliphatic hydroxyl groups excluding tert-OH is 1. The number of hydrogen-bond acceptors (Lipinski definition) is 5. The standard InChI is InChI=1S/C25H30FN3O3/c1-3-31-17-22(30)15-28(20-12-13-20)16-24-18(2)27-29(21-9-5-4-6-10-21)25(24)32-23-11-7-8-19(26)14-23/h4-11,14,20,22,30H,3,12-13,15-17H2,1-2H3/t22-/m0/s1. The number of aryl methyl sites for hydroxylation is 1. The molecule has 0 spiro atoms. The van der Waals surface area contributed by atoms with Crippen LogP contribution in [0.3, 0.4) is 0 Å². The Labute approximate surface area is 188 Å². The Hall–Kier alpha value is -2.74. The van der Waals surface area contributed by atoms with E-state index in [4.69, 9.17) is 14.6 Å². The summed E-state index contributed by atoms with van der Waals surface area (Å²) in [7, 11) is 0. The molecule has 0 unspecified atom stereocenters. The highest BCUT2D eigenvalue weighted by molar-refractivity contribution is 5.43. The summed E-state index contributed by atoms with van der Waals surface area (Å²) in [5.41, 5.74) is 2.63. The SMILES string of the molecule is CCOC[C@@H](O)CN(Cc1c(C)nn(-c2ccccc2)c1Oc1cccc(F)c1)C1CC1. The lowest BCUT2D eigenvalue weighted by Gasteiger charge is -2.25. The van der Waals surface area contributed by atoms with Crippen molar-refractivity contribution in [1.82, 2.24) is 14.7 Å². The summed E-state index contributed by atoms with van der Waals surface area (Å²) < 4.78 is 27.2. The zero-order chi connectivity index (χ0) is 22.5. The second kappa shape index (κ2) is 10.3. The zero-order valence-corrected chi connectivity index (χ0v) is 18.6. The fourth-order valence-corrected chi connectivity index (χ4v) is 3.77. The quantitative estimate of drug-likeness (QED) is 0.478. The Morgan fingerprint density at radius 1 is 1.19 bits per heavy atom. The fraction of sp³-hybridized carbons (Fsp3) is 0.400. The predicted molar refractivity (Wildman–Crippen MR) is 121 cm³/mol. The minimum atomic E-state index is -0.562. The molecule has 4 rings (SSSR count). The summed E-state index contributed by atoms with van der Waals surface area (Å²) >= 11 is 0. The van der Waals surface area contributed by atoms with Gasteiger partial charge in [0.25, 0.3) is 0 Å². The molecule has 0 saturated heterocycles. The largest absolute Gasteiger partial charge is 0.438 e. The monoisotopic (exact) mass is 439 g/mol. The minimum absolute atomic E-state index is 0.314. The van der Waals surface area contributed by atoms with E-state index in [1.54, 1.807) is 16.8 Å². The molecule has 6 nitrogen and oxygen atoms in total. The normalized spacial score (nSPS) is 14.7. The molecule has 32 heavy (non-hydrogen) atoms. The van der Waals surface area contributed by atoms with Crippen LogP contribution >= 0.6 is 0 Å². The smallest absolute Gasteiger partial charge is 0.227 e. The van der Waals surface area contributed by atoms with Crippen LogP contribution in [-0.4, -0.2) is 51.7 Å². The third-order valence-corrected chi connectivity index (χ3v) is 5.53. The topological polar surface area (TPSA) is 59.8 Å². The van der Waals surface area contributed by atoms with Crippen molar-refractivity contribution in [2.24, 2.45) is 0 Å². The van der Waals surface area contributed by atoms with Gasteiger partial charge in [0.05, 0.1) is 29.7 Å². The number of aliphatic hydroxyl groups is 1. The fourth-order valence-electron chi connectivity index (χ4n) is 3.77. The molecule has 1 saturated carbocycles. The van der Waals surface area contributed by atoms with Gasteiger partial charge in [0.15, 0.2) is 0 Å². The molecule has 0 radical (unpaired) electrons. The summed E-state index contributed by atoms with van der Waals surface area (Å²) in [5, 5.41) is 15.2. The summed E-state index contributed by atoms with van der Waals surface area (Å²) in [6.07, 6.45) is 1.65. The summed E-state index contributed by atoms with van der Waals surface area (Å²) in [4.78, 5) is 2.27. The van der Waals surface area contributed by atoms with E-state index >= 15 is 0 Å². The van der Waals surface area contributed by atoms with Gasteiger partial charge in [0.2, 0.25) is 5.88 Å². The van der Waals surface area contributed by atoms with Gasteiger partial charge in [-0.15, -0.1) is 0 Å². The first-order valence-corrected chi connectivity index (χ1v) is 11.1. The number of halogens is 1. The van der Waals surface area contributed by atoms with E-state index in [9.17, 15) is 9.50 Å². The lowest BCUT2D eigenvalue weighted by molar-refractivity contribution is 0.0177. The molecule has 1 N–H and O–H groups in total. The highest BCUT2D eigenvalue weighted by Gasteiger charge is 2.32. The van der Waals surface area contributed by atoms with Crippen molar-refractivity contribution in [2.45, 2.75) is 45.4 Å². The maximum Gasteiger partial charge on any atom is 0.227 e. The Kier molecular flexibility index (Phi) is 7.19. The molecule has 3 aromatic rings. The van der Waals surface area contributed by atoms with Crippen molar-refractivity contribution in [2.75, 3.05) is 19.8 Å². The van der Waals surface area contributed by atoms with Crippen LogP contribution in [0.1, 0.15) is 31.0 Å². The molecule has 1 aromatic heterocycles. The lowest BCUT2D eigenvalue weighted by Crippen LogP contribution is -2.36. The Balaban J connectivity index is 1.66. The first-order valence-electron chi connectivity index (χ1n) is 11.1. The Bertz CT molecular complexity index is 1020. The van der Waals surface area contributed by atoms with Crippen molar-refractivity contribution >= 4 is 0 Å². The van der Waals surface area contributed by atoms with E-state index in [1.807, 2.05) is 44.2 Å². The maximum atomic E-state index is 13.8. The molecule has 1 aliphatic rings. The number of benzene rings is 2. The minimum Gasteiger partial charge on any atom is -0.438 e. The number of hydrogen-bond donors (Lipinski definition) is 1. The van der Waals surface area contributed by atoms with E-state index in [1.165, 1.54) is 12.1 Å². The van der Waals surface area contributed by atoms with Gasteiger partial charge in [-0.25, -0.2) is 9.07 Å². The van der Waals surface area contributed by atoms with Crippen LogP contribution in [0.15, 0.2) is 54.6 Å². The van der Waals surface area contributed by atoms with Gasteiger partial charge in [0.1, 0.15) is 11.6 Å². The third kappa shape index (κ3) is 5.54. The molecule has 7 heteroatoms. The van der Waals surface area contributed by atoms with Crippen LogP contribution in [0, 0.1) is 12.7 Å². The molecule has 0 amide bonds. The van der Waals surface area contributed by atoms with Gasteiger partial charge >= 0.3 is 0 Å². The van der Waals surface area contributed by atoms with E-state index < -0.39 is 6.10 Å². The van der Waals surface area contributed by atoms with Gasteiger partial charge in [0, 0.05) is 31.8 Å². The molecule has 0 aliphatic heterocycles. The zero-order valence-electron chi connectivity index (χ0n) is 18.6. The summed E-state index contributed by atoms with van der Waals surface area (Å²) in [6, 6.07) is 16.3. The summed E-state index contributed by atoms with van der Waals surface area (Å²) in [5.74, 6) is 0.618. The molecule has 170 valence electrons. The van der Waals surface area contributed by atoms with Crippen molar-refractivity contribution in [3.05, 3.63) is 71.7 Å². The van der Waals surface area contributed by atoms with Gasteiger partial charge < -0.3 is 14.6 Å². The highest BCUT2D eigenvalue weighted by Crippen LogP contribution is 2.35. The lowest BCUT2D eigenvalue weighted by atomic mass is 10.2. The second-order valence-corrected chi connectivity index (χ2v) is 8.15. The van der Waals surface area contributed by atoms with Crippen molar-refractivity contribution in [1.29, 1.82) is 0 Å². The van der Waals surface area contributed by atoms with Crippen molar-refractivity contribution in [3.63, 3.8) is 0 Å². The van der Waals surface area contributed by atoms with Gasteiger partial charge in [-0.1, -0.05) is 24.3 Å². The van der Waals surface area contributed by atoms with Gasteiger partial charge in [-0.2, -0.15) is 5.10 Å². The molecule has 1 atom stereocenters. The van der Waals surface area contributed by atoms with Crippen LogP contribution in [-0.2, 0) is 11.3 Å². The number of ether oxygens (including phenoxy) is 2. The molecular weight excluding hydrogens is 409 g/mol. The molecule has 1 fully saturated rings. The number of aromatic nitrogens is 2. The van der Waals surface area contributed by atoms with E-state index in [-0.39, 0.29) is 5.82 Å². The number of nitrogens with zero attached hydrogens (tertiary/aromatic N) is 3. The maximum absolute atomic E-state index is 13.8. The summed E-state index contributed by atoms with van der Waals surface area (Å²) in [6.45, 7) is 5.86. The molecule has 0 bridgehead atoms. The van der Waals surface area contributed by atoms with Crippen LogP contribution in [0.25, 0.3) is 5.69 Å². The molecular formula is C25H30FN3O3. The highest BCUT2D eigenvalue weighted by atomic mass is 19.1. The molecule has 1 heterocycles. The average Bonchev–Trinajstić information content (AvgIpc) is 3.59. The average molecular weight is 440 g/mol. The van der Waals surface area contributed by atoms with E-state index in [0.29, 0.717) is 44.0 Å². The van der Waals surface area contributed by atoms with Gasteiger partial charge in [-0.3, -0.25) is 4.90 Å². The van der Waals surface area contributed by atoms with Crippen LogP contribution < -0.4 is 4.74 Å². The number of para-hydroxylation sites is 1. The predicted octanol–water partition coefficient (Wildman–Crippen LogP) is 4.47. The first-order chi connectivity index (χ1) is 15.5. The van der Waals surface area contributed by atoms with Gasteiger partial charge in [-0.05, 0) is 51.0 Å². The molecule has 2 aromatic carbocycles. The van der Waals surface area contributed by atoms with Crippen molar-refractivity contribution in [3.8, 4) is 17.3 Å². The van der Waals surface area contributed by atoms with Crippen LogP contribution in [0.4, 0.5) is 4.39 Å². The molecule has 1 aliphatic carbocycles. The Morgan fingerprint density at radius 2 is 1.97 bits per heavy atom. The van der Waals surface area contributed by atoms with Crippen molar-refractivity contribution < 1.29 is 19.0 Å². The van der Waals surface area contributed by atoms with E-state index in [2.05, 4.69) is 4.90 Å². The van der Waals surface area contributed by atoms with Crippen LogP contribution in [0.2, 0.25) is 0 Å². The first kappa shape index (κ1) is 22.5. The Morgan fingerprint density at radius 3 is 2.66 bits per heavy atom. The third-order valence-electron chi connectivity index (χ3n) is 5.53. The van der Waals surface area contributed by atoms with E-state index in [0.717, 1.165) is 29.8 Å². The van der Waals surface area contributed by atoms with Crippen LogP contribution in [0.5, 0.6) is 11.6 Å². The number of rotatable bonds is 11.